The number of nitrogens with zero attached hydrogens (tertiary/aromatic N) is 1. The molecular formula is C13H17FN2O3. The van der Waals surface area contributed by atoms with Gasteiger partial charge in [0.1, 0.15) is 17.4 Å². The molecule has 0 aliphatic heterocycles. The summed E-state index contributed by atoms with van der Waals surface area (Å²) in [6.07, 6.45) is 1.01. The summed E-state index contributed by atoms with van der Waals surface area (Å²) >= 11 is 0. The molecule has 1 unspecified atom stereocenters. The Bertz CT molecular complexity index is 468. The van der Waals surface area contributed by atoms with Crippen LogP contribution in [-0.4, -0.2) is 23.0 Å². The number of hydrogen-bond acceptors (Lipinski definition) is 4. The van der Waals surface area contributed by atoms with E-state index >= 15 is 0 Å². The summed E-state index contributed by atoms with van der Waals surface area (Å²) in [5, 5.41) is 2.44. The smallest absolute Gasteiger partial charge is 0.408 e. The molecule has 0 aromatic carbocycles. The lowest BCUT2D eigenvalue weighted by Crippen LogP contribution is -2.47. The van der Waals surface area contributed by atoms with Gasteiger partial charge in [0, 0.05) is 11.8 Å². The number of ether oxygens (including phenoxy) is 1. The van der Waals surface area contributed by atoms with Crippen LogP contribution >= 0.6 is 0 Å². The number of pyridine rings is 1. The third kappa shape index (κ3) is 4.31. The van der Waals surface area contributed by atoms with Crippen molar-refractivity contribution < 1.29 is 18.7 Å². The Balaban J connectivity index is 2.89. The van der Waals surface area contributed by atoms with Crippen LogP contribution in [0.2, 0.25) is 0 Å². The minimum absolute atomic E-state index is 0.370. The zero-order valence-electron chi connectivity index (χ0n) is 11.4. The fourth-order valence-corrected chi connectivity index (χ4v) is 1.37. The molecule has 1 rings (SSSR count). The van der Waals surface area contributed by atoms with Crippen molar-refractivity contribution in [3.05, 3.63) is 29.8 Å². The maximum absolute atomic E-state index is 12.8. The number of hydrogen-bond donors (Lipinski definition) is 1. The Kier molecular flexibility index (Phi) is 4.24. The lowest BCUT2D eigenvalue weighted by atomic mass is 9.95. The van der Waals surface area contributed by atoms with E-state index in [2.05, 4.69) is 10.3 Å². The summed E-state index contributed by atoms with van der Waals surface area (Å²) in [7, 11) is 0. The van der Waals surface area contributed by atoms with E-state index in [4.69, 9.17) is 4.74 Å². The molecule has 1 atom stereocenters. The molecule has 0 bridgehead atoms. The van der Waals surface area contributed by atoms with Gasteiger partial charge in [-0.1, -0.05) is 6.07 Å². The number of rotatable bonds is 3. The fraction of sp³-hybridized carbons (Fsp3) is 0.462. The van der Waals surface area contributed by atoms with Gasteiger partial charge < -0.3 is 14.8 Å². The van der Waals surface area contributed by atoms with Crippen LogP contribution < -0.4 is 5.32 Å². The van der Waals surface area contributed by atoms with Crippen molar-refractivity contribution >= 4 is 12.4 Å². The maximum Gasteiger partial charge on any atom is 0.408 e. The summed E-state index contributed by atoms with van der Waals surface area (Å²) in [5.74, 6) is -0.658. The Morgan fingerprint density at radius 2 is 2.00 bits per heavy atom. The van der Waals surface area contributed by atoms with E-state index in [-0.39, 0.29) is 0 Å². The molecule has 1 aromatic heterocycles. The van der Waals surface area contributed by atoms with E-state index in [1.54, 1.807) is 20.8 Å². The van der Waals surface area contributed by atoms with Crippen molar-refractivity contribution in [2.24, 2.45) is 0 Å². The third-order valence-corrected chi connectivity index (χ3v) is 2.32. The zero-order chi connectivity index (χ0) is 14.7. The van der Waals surface area contributed by atoms with Crippen molar-refractivity contribution in [1.29, 1.82) is 0 Å². The fourth-order valence-electron chi connectivity index (χ4n) is 1.37. The zero-order valence-corrected chi connectivity index (χ0v) is 11.4. The first-order valence-corrected chi connectivity index (χ1v) is 5.76. The Morgan fingerprint density at radius 1 is 1.37 bits per heavy atom. The van der Waals surface area contributed by atoms with Gasteiger partial charge in [0.15, 0.2) is 0 Å². The van der Waals surface area contributed by atoms with Crippen LogP contribution in [0, 0.1) is 5.95 Å². The highest BCUT2D eigenvalue weighted by molar-refractivity contribution is 5.77. The van der Waals surface area contributed by atoms with E-state index in [9.17, 15) is 14.0 Å². The molecule has 1 N–H and O–H groups in total. The average Bonchev–Trinajstić information content (AvgIpc) is 2.26. The second-order valence-electron chi connectivity index (χ2n) is 5.32. The number of carbonyl (C=O) groups excluding carboxylic acids is 2. The summed E-state index contributed by atoms with van der Waals surface area (Å²) in [6.45, 7) is 6.62. The second kappa shape index (κ2) is 5.34. The highest BCUT2D eigenvalue weighted by Crippen LogP contribution is 2.18. The Labute approximate surface area is 111 Å². The van der Waals surface area contributed by atoms with Gasteiger partial charge in [-0.15, -0.1) is 0 Å². The van der Waals surface area contributed by atoms with E-state index < -0.39 is 23.2 Å². The topological polar surface area (TPSA) is 68.3 Å². The van der Waals surface area contributed by atoms with Crippen LogP contribution in [-0.2, 0) is 15.1 Å². The van der Waals surface area contributed by atoms with Crippen LogP contribution in [0.25, 0.3) is 0 Å². The molecule has 0 saturated heterocycles. The molecule has 6 heteroatoms. The van der Waals surface area contributed by atoms with Crippen LogP contribution in [0.5, 0.6) is 0 Å². The standard InChI is InChI=1S/C13H17FN2O3/c1-12(2,3)19-11(18)16-13(4,8-17)9-5-6-10(14)15-7-9/h5-8H,1-4H3,(H,16,18). The highest BCUT2D eigenvalue weighted by Gasteiger charge is 2.30. The molecule has 0 aliphatic rings. The van der Waals surface area contributed by atoms with Crippen LogP contribution in [0.15, 0.2) is 18.3 Å². The van der Waals surface area contributed by atoms with Gasteiger partial charge in [-0.2, -0.15) is 4.39 Å². The first-order chi connectivity index (χ1) is 8.66. The lowest BCUT2D eigenvalue weighted by molar-refractivity contribution is -0.113. The van der Waals surface area contributed by atoms with Crippen molar-refractivity contribution in [1.82, 2.24) is 10.3 Å². The predicted octanol–water partition coefficient (Wildman–Crippen LogP) is 2.16. The number of amides is 1. The van der Waals surface area contributed by atoms with E-state index in [1.807, 2.05) is 0 Å². The van der Waals surface area contributed by atoms with Gasteiger partial charge in [0.25, 0.3) is 0 Å². The number of halogens is 1. The van der Waals surface area contributed by atoms with Crippen molar-refractivity contribution in [2.75, 3.05) is 0 Å². The monoisotopic (exact) mass is 268 g/mol. The van der Waals surface area contributed by atoms with Gasteiger partial charge in [-0.25, -0.2) is 9.78 Å². The second-order valence-corrected chi connectivity index (χ2v) is 5.32. The highest BCUT2D eigenvalue weighted by atomic mass is 19.1. The number of nitrogens with one attached hydrogen (secondary N) is 1. The van der Waals surface area contributed by atoms with Crippen LogP contribution in [0.3, 0.4) is 0 Å². The van der Waals surface area contributed by atoms with Gasteiger partial charge in [-0.3, -0.25) is 0 Å². The molecule has 1 aromatic rings. The number of carbonyl (C=O) groups is 2. The molecule has 1 heterocycles. The van der Waals surface area contributed by atoms with Gasteiger partial charge >= 0.3 is 6.09 Å². The summed E-state index contributed by atoms with van der Waals surface area (Å²) in [5.41, 5.74) is -1.62. The predicted molar refractivity (Wildman–Crippen MR) is 67.0 cm³/mol. The van der Waals surface area contributed by atoms with Crippen molar-refractivity contribution in [2.45, 2.75) is 38.8 Å². The third-order valence-electron chi connectivity index (χ3n) is 2.32. The summed E-state index contributed by atoms with van der Waals surface area (Å²) in [6, 6.07) is 2.50. The molecule has 0 spiro atoms. The van der Waals surface area contributed by atoms with E-state index in [0.29, 0.717) is 11.8 Å². The molecule has 0 saturated carbocycles. The SMILES string of the molecule is CC(C)(C)OC(=O)NC(C)(C=O)c1ccc(F)nc1. The van der Waals surface area contributed by atoms with Gasteiger partial charge in [-0.05, 0) is 33.8 Å². The van der Waals surface area contributed by atoms with Crippen LogP contribution in [0.1, 0.15) is 33.3 Å². The molecule has 0 fully saturated rings. The lowest BCUT2D eigenvalue weighted by Gasteiger charge is -2.27. The minimum atomic E-state index is -1.32. The minimum Gasteiger partial charge on any atom is -0.444 e. The number of aromatic nitrogens is 1. The summed E-state index contributed by atoms with van der Waals surface area (Å²) in [4.78, 5) is 26.4. The molecule has 104 valence electrons. The molecule has 0 aliphatic carbocycles. The molecule has 1 amide bonds. The maximum atomic E-state index is 12.8. The van der Waals surface area contributed by atoms with Crippen LogP contribution in [0.4, 0.5) is 9.18 Å². The molecule has 5 nitrogen and oxygen atoms in total. The molecular weight excluding hydrogens is 251 g/mol. The largest absolute Gasteiger partial charge is 0.444 e. The van der Waals surface area contributed by atoms with Crippen molar-refractivity contribution in [3.8, 4) is 0 Å². The number of aldehydes is 1. The Morgan fingerprint density at radius 3 is 2.42 bits per heavy atom. The average molecular weight is 268 g/mol. The van der Waals surface area contributed by atoms with Crippen molar-refractivity contribution in [3.63, 3.8) is 0 Å². The van der Waals surface area contributed by atoms with E-state index in [0.717, 1.165) is 6.07 Å². The van der Waals surface area contributed by atoms with Gasteiger partial charge in [0.05, 0.1) is 0 Å². The Hall–Kier alpha value is -1.98. The summed E-state index contributed by atoms with van der Waals surface area (Å²) < 4.78 is 17.8. The van der Waals surface area contributed by atoms with Gasteiger partial charge in [0.2, 0.25) is 5.95 Å². The number of alkyl carbamates (subject to hydrolysis) is 1. The normalized spacial score (nSPS) is 14.4. The molecule has 0 radical (unpaired) electrons. The first kappa shape index (κ1) is 15.1. The quantitative estimate of drug-likeness (QED) is 0.673. The first-order valence-electron chi connectivity index (χ1n) is 5.76. The van der Waals surface area contributed by atoms with E-state index in [1.165, 1.54) is 19.2 Å². The molecule has 19 heavy (non-hydrogen) atoms.